The monoisotopic (exact) mass is 362 g/mol. The minimum atomic E-state index is -1.74. The van der Waals surface area contributed by atoms with Crippen LogP contribution in [0.2, 0.25) is 0 Å². The number of ether oxygens (including phenoxy) is 1. The Labute approximate surface area is 153 Å². The van der Waals surface area contributed by atoms with Crippen LogP contribution in [0.5, 0.6) is 5.75 Å². The summed E-state index contributed by atoms with van der Waals surface area (Å²) < 4.78 is 33.8. The fourth-order valence-electron chi connectivity index (χ4n) is 2.78. The molecule has 0 saturated carbocycles. The van der Waals surface area contributed by atoms with E-state index in [-0.39, 0.29) is 16.8 Å². The van der Waals surface area contributed by atoms with Gasteiger partial charge in [0.2, 0.25) is 0 Å². The summed E-state index contributed by atoms with van der Waals surface area (Å²) in [7, 11) is -1.74. The molecule has 2 rings (SSSR count). The molecular formula is C20H25BF2O3. The second kappa shape index (κ2) is 10.3. The molecule has 3 nitrogen and oxygen atoms in total. The Morgan fingerprint density at radius 1 is 0.885 bits per heavy atom. The number of hydrogen-bond donors (Lipinski definition) is 2. The van der Waals surface area contributed by atoms with Gasteiger partial charge in [0.05, 0.1) is 6.61 Å². The SMILES string of the molecule is CCCCCCCCOc1ccc(-c2ccc(B(O)O)cc2F)cc1F. The fourth-order valence-corrected chi connectivity index (χ4v) is 2.78. The van der Waals surface area contributed by atoms with E-state index < -0.39 is 18.8 Å². The van der Waals surface area contributed by atoms with Gasteiger partial charge in [-0.15, -0.1) is 0 Å². The Morgan fingerprint density at radius 2 is 1.62 bits per heavy atom. The standard InChI is InChI=1S/C20H25BF2O3/c1-2-3-4-5-6-7-12-26-20-11-8-15(13-19(20)23)17-10-9-16(21(24)25)14-18(17)22/h8-11,13-14,24-25H,2-7,12H2,1H3. The van der Waals surface area contributed by atoms with E-state index in [2.05, 4.69) is 6.92 Å². The largest absolute Gasteiger partial charge is 0.491 e. The van der Waals surface area contributed by atoms with Gasteiger partial charge in [0.25, 0.3) is 0 Å². The highest BCUT2D eigenvalue weighted by atomic mass is 19.1. The van der Waals surface area contributed by atoms with Crippen LogP contribution in [-0.2, 0) is 0 Å². The van der Waals surface area contributed by atoms with Crippen LogP contribution in [0.15, 0.2) is 36.4 Å². The third-order valence-electron chi connectivity index (χ3n) is 4.29. The van der Waals surface area contributed by atoms with Crippen LogP contribution in [0.4, 0.5) is 8.78 Å². The van der Waals surface area contributed by atoms with E-state index in [1.54, 1.807) is 6.07 Å². The van der Waals surface area contributed by atoms with Gasteiger partial charge < -0.3 is 14.8 Å². The van der Waals surface area contributed by atoms with E-state index in [0.717, 1.165) is 25.3 Å². The summed E-state index contributed by atoms with van der Waals surface area (Å²) in [6, 6.07) is 8.13. The van der Waals surface area contributed by atoms with Crippen LogP contribution in [0.25, 0.3) is 11.1 Å². The van der Waals surface area contributed by atoms with Gasteiger partial charge in [0, 0.05) is 5.56 Å². The highest BCUT2D eigenvalue weighted by Gasteiger charge is 2.15. The summed E-state index contributed by atoms with van der Waals surface area (Å²) in [5.74, 6) is -1.03. The average molecular weight is 362 g/mol. The highest BCUT2D eigenvalue weighted by molar-refractivity contribution is 6.58. The molecule has 2 N–H and O–H groups in total. The van der Waals surface area contributed by atoms with Gasteiger partial charge in [-0.1, -0.05) is 57.2 Å². The second-order valence-corrected chi connectivity index (χ2v) is 6.37. The van der Waals surface area contributed by atoms with Crippen molar-refractivity contribution in [3.05, 3.63) is 48.0 Å². The smallest absolute Gasteiger partial charge is 0.488 e. The molecule has 2 aromatic carbocycles. The Balaban J connectivity index is 1.95. The van der Waals surface area contributed by atoms with Gasteiger partial charge in [-0.2, -0.15) is 0 Å². The maximum Gasteiger partial charge on any atom is 0.488 e. The summed E-state index contributed by atoms with van der Waals surface area (Å²) in [6.07, 6.45) is 6.77. The van der Waals surface area contributed by atoms with E-state index in [4.69, 9.17) is 14.8 Å². The van der Waals surface area contributed by atoms with Crippen molar-refractivity contribution in [1.29, 1.82) is 0 Å². The first-order valence-electron chi connectivity index (χ1n) is 9.11. The van der Waals surface area contributed by atoms with Gasteiger partial charge in [0.1, 0.15) is 5.82 Å². The van der Waals surface area contributed by atoms with Crippen LogP contribution >= 0.6 is 0 Å². The Hall–Kier alpha value is -1.92. The molecule has 0 spiro atoms. The van der Waals surface area contributed by atoms with Crippen molar-refractivity contribution in [3.8, 4) is 16.9 Å². The molecule has 0 aromatic heterocycles. The molecule has 6 heteroatoms. The first-order valence-corrected chi connectivity index (χ1v) is 9.11. The van der Waals surface area contributed by atoms with Crippen LogP contribution < -0.4 is 10.2 Å². The zero-order chi connectivity index (χ0) is 18.9. The maximum atomic E-state index is 14.2. The first-order chi connectivity index (χ1) is 12.5. The van der Waals surface area contributed by atoms with E-state index >= 15 is 0 Å². The normalized spacial score (nSPS) is 10.8. The van der Waals surface area contributed by atoms with Crippen molar-refractivity contribution in [2.45, 2.75) is 45.4 Å². The molecule has 0 bridgehead atoms. The lowest BCUT2D eigenvalue weighted by Gasteiger charge is -2.10. The number of hydrogen-bond acceptors (Lipinski definition) is 3. The zero-order valence-electron chi connectivity index (χ0n) is 15.0. The first kappa shape index (κ1) is 20.4. The number of benzene rings is 2. The second-order valence-electron chi connectivity index (χ2n) is 6.37. The molecule has 0 aliphatic carbocycles. The van der Waals surface area contributed by atoms with Crippen LogP contribution in [-0.4, -0.2) is 23.8 Å². The molecule has 0 aliphatic heterocycles. The van der Waals surface area contributed by atoms with Crippen LogP contribution in [0.3, 0.4) is 0 Å². The van der Waals surface area contributed by atoms with E-state index in [9.17, 15) is 8.78 Å². The van der Waals surface area contributed by atoms with Crippen molar-refractivity contribution >= 4 is 12.6 Å². The van der Waals surface area contributed by atoms with Crippen molar-refractivity contribution in [2.75, 3.05) is 6.61 Å². The lowest BCUT2D eigenvalue weighted by molar-refractivity contribution is 0.290. The molecule has 2 aromatic rings. The van der Waals surface area contributed by atoms with Crippen molar-refractivity contribution < 1.29 is 23.6 Å². The van der Waals surface area contributed by atoms with Crippen molar-refractivity contribution in [3.63, 3.8) is 0 Å². The molecular weight excluding hydrogens is 337 g/mol. The van der Waals surface area contributed by atoms with Crippen LogP contribution in [0, 0.1) is 11.6 Å². The molecule has 0 saturated heterocycles. The Bertz CT molecular complexity index is 707. The molecule has 0 amide bonds. The van der Waals surface area contributed by atoms with Gasteiger partial charge in [-0.25, -0.2) is 8.78 Å². The number of unbranched alkanes of at least 4 members (excludes halogenated alkanes) is 5. The molecule has 0 fully saturated rings. The summed E-state index contributed by atoms with van der Waals surface area (Å²) >= 11 is 0. The lowest BCUT2D eigenvalue weighted by atomic mass is 9.79. The van der Waals surface area contributed by atoms with Crippen molar-refractivity contribution in [2.24, 2.45) is 0 Å². The lowest BCUT2D eigenvalue weighted by Crippen LogP contribution is -2.29. The van der Waals surface area contributed by atoms with Crippen LogP contribution in [0.1, 0.15) is 45.4 Å². The number of halogens is 2. The van der Waals surface area contributed by atoms with E-state index in [0.29, 0.717) is 12.2 Å². The number of rotatable bonds is 10. The quantitative estimate of drug-likeness (QED) is 0.495. The molecule has 0 atom stereocenters. The van der Waals surface area contributed by atoms with Gasteiger partial charge >= 0.3 is 7.12 Å². The average Bonchev–Trinajstić information content (AvgIpc) is 2.62. The zero-order valence-corrected chi connectivity index (χ0v) is 15.0. The highest BCUT2D eigenvalue weighted by Crippen LogP contribution is 2.27. The molecule has 140 valence electrons. The van der Waals surface area contributed by atoms with Gasteiger partial charge in [-0.3, -0.25) is 0 Å². The van der Waals surface area contributed by atoms with Crippen molar-refractivity contribution in [1.82, 2.24) is 0 Å². The van der Waals surface area contributed by atoms with E-state index in [1.807, 2.05) is 0 Å². The fraction of sp³-hybridized carbons (Fsp3) is 0.400. The molecule has 0 aliphatic rings. The predicted octanol–water partition coefficient (Wildman–Crippen LogP) is 4.05. The van der Waals surface area contributed by atoms with Gasteiger partial charge in [-0.05, 0) is 35.6 Å². The summed E-state index contributed by atoms with van der Waals surface area (Å²) in [5.41, 5.74) is 0.604. The van der Waals surface area contributed by atoms with E-state index in [1.165, 1.54) is 43.5 Å². The summed E-state index contributed by atoms with van der Waals surface area (Å²) in [5, 5.41) is 18.1. The molecule has 0 unspecified atom stereocenters. The summed E-state index contributed by atoms with van der Waals surface area (Å²) in [4.78, 5) is 0. The minimum absolute atomic E-state index is 0.0469. The third kappa shape index (κ3) is 5.82. The molecule has 26 heavy (non-hydrogen) atoms. The van der Waals surface area contributed by atoms with Gasteiger partial charge in [0.15, 0.2) is 11.6 Å². The maximum absolute atomic E-state index is 14.2. The topological polar surface area (TPSA) is 49.7 Å². The third-order valence-corrected chi connectivity index (χ3v) is 4.29. The Kier molecular flexibility index (Phi) is 8.07. The predicted molar refractivity (Wildman–Crippen MR) is 100 cm³/mol. The minimum Gasteiger partial charge on any atom is -0.491 e. The molecule has 0 radical (unpaired) electrons. The summed E-state index contributed by atoms with van der Waals surface area (Å²) in [6.45, 7) is 2.63. The Morgan fingerprint density at radius 3 is 2.27 bits per heavy atom. The molecule has 0 heterocycles.